The van der Waals surface area contributed by atoms with Crippen molar-refractivity contribution in [3.05, 3.63) is 23.2 Å². The van der Waals surface area contributed by atoms with Crippen LogP contribution in [-0.4, -0.2) is 17.7 Å². The van der Waals surface area contributed by atoms with Crippen LogP contribution in [0.4, 0.5) is 5.69 Å². The van der Waals surface area contributed by atoms with Crippen LogP contribution in [0.1, 0.15) is 32.1 Å². The van der Waals surface area contributed by atoms with Gasteiger partial charge in [0.15, 0.2) is 0 Å². The molecule has 3 nitrogen and oxygen atoms in total. The molecular formula is C14H19ClN2OS. The number of carbonyl (C=O) groups is 1. The van der Waals surface area contributed by atoms with Crippen LogP contribution in [0.3, 0.4) is 0 Å². The summed E-state index contributed by atoms with van der Waals surface area (Å²) in [7, 11) is 0. The van der Waals surface area contributed by atoms with E-state index in [2.05, 4.69) is 5.32 Å². The minimum Gasteiger partial charge on any atom is -0.399 e. The molecule has 1 aromatic carbocycles. The summed E-state index contributed by atoms with van der Waals surface area (Å²) in [6.07, 6.45) is 5.96. The number of benzene rings is 1. The van der Waals surface area contributed by atoms with Crippen LogP contribution in [-0.2, 0) is 4.79 Å². The molecule has 0 saturated heterocycles. The first kappa shape index (κ1) is 14.5. The van der Waals surface area contributed by atoms with Gasteiger partial charge in [-0.25, -0.2) is 0 Å². The molecule has 0 radical (unpaired) electrons. The second kappa shape index (κ2) is 7.06. The van der Waals surface area contributed by atoms with E-state index in [0.29, 0.717) is 22.5 Å². The van der Waals surface area contributed by atoms with Crippen molar-refractivity contribution in [2.45, 2.75) is 43.0 Å². The number of rotatable bonds is 4. The van der Waals surface area contributed by atoms with Crippen molar-refractivity contribution in [1.82, 2.24) is 5.32 Å². The summed E-state index contributed by atoms with van der Waals surface area (Å²) in [5.41, 5.74) is 6.27. The lowest BCUT2D eigenvalue weighted by Crippen LogP contribution is -2.37. The monoisotopic (exact) mass is 298 g/mol. The molecule has 0 heterocycles. The Labute approximate surface area is 123 Å². The van der Waals surface area contributed by atoms with Gasteiger partial charge in [0.1, 0.15) is 0 Å². The zero-order chi connectivity index (χ0) is 13.7. The Morgan fingerprint density at radius 2 is 2.11 bits per heavy atom. The molecule has 104 valence electrons. The van der Waals surface area contributed by atoms with Crippen LogP contribution in [0.2, 0.25) is 5.02 Å². The summed E-state index contributed by atoms with van der Waals surface area (Å²) in [5.74, 6) is 0.491. The third kappa shape index (κ3) is 4.62. The molecule has 5 heteroatoms. The van der Waals surface area contributed by atoms with E-state index in [1.54, 1.807) is 12.1 Å². The summed E-state index contributed by atoms with van der Waals surface area (Å²) in [5, 5.41) is 3.70. The van der Waals surface area contributed by atoms with Crippen molar-refractivity contribution in [3.8, 4) is 0 Å². The number of nitrogens with two attached hydrogens (primary N) is 1. The fraction of sp³-hybridized carbons (Fsp3) is 0.500. The lowest BCUT2D eigenvalue weighted by atomic mass is 9.95. The SMILES string of the molecule is Nc1ccc(SCC(=O)NC2CCCCC2)c(Cl)c1. The van der Waals surface area contributed by atoms with Crippen LogP contribution in [0.25, 0.3) is 0 Å². The Kier molecular flexibility index (Phi) is 5.40. The smallest absolute Gasteiger partial charge is 0.230 e. The molecule has 0 aromatic heterocycles. The fourth-order valence-corrected chi connectivity index (χ4v) is 3.38. The maximum Gasteiger partial charge on any atom is 0.230 e. The molecule has 1 aromatic rings. The lowest BCUT2D eigenvalue weighted by molar-refractivity contribution is -0.119. The number of carbonyl (C=O) groups excluding carboxylic acids is 1. The van der Waals surface area contributed by atoms with Crippen molar-refractivity contribution in [3.63, 3.8) is 0 Å². The molecule has 0 atom stereocenters. The predicted octanol–water partition coefficient (Wildman–Crippen LogP) is 3.46. The third-order valence-electron chi connectivity index (χ3n) is 3.28. The van der Waals surface area contributed by atoms with E-state index in [1.807, 2.05) is 6.07 Å². The van der Waals surface area contributed by atoms with Gasteiger partial charge in [-0.1, -0.05) is 30.9 Å². The number of amides is 1. The quantitative estimate of drug-likeness (QED) is 0.661. The number of thioether (sulfide) groups is 1. The molecule has 1 aliphatic carbocycles. The number of nitrogens with one attached hydrogen (secondary N) is 1. The highest BCUT2D eigenvalue weighted by molar-refractivity contribution is 8.00. The first-order valence-corrected chi connectivity index (χ1v) is 7.98. The third-order valence-corrected chi connectivity index (χ3v) is 4.78. The average Bonchev–Trinajstić information content (AvgIpc) is 2.39. The zero-order valence-corrected chi connectivity index (χ0v) is 12.4. The molecule has 0 aliphatic heterocycles. The Morgan fingerprint density at radius 3 is 2.79 bits per heavy atom. The summed E-state index contributed by atoms with van der Waals surface area (Å²) < 4.78 is 0. The standard InChI is InChI=1S/C14H19ClN2OS/c15-12-8-10(16)6-7-13(12)19-9-14(18)17-11-4-2-1-3-5-11/h6-8,11H,1-5,9,16H2,(H,17,18). The van der Waals surface area contributed by atoms with Gasteiger partial charge in [0.2, 0.25) is 5.91 Å². The lowest BCUT2D eigenvalue weighted by Gasteiger charge is -2.22. The van der Waals surface area contributed by atoms with E-state index < -0.39 is 0 Å². The topological polar surface area (TPSA) is 55.1 Å². The van der Waals surface area contributed by atoms with Crippen LogP contribution < -0.4 is 11.1 Å². The summed E-state index contributed by atoms with van der Waals surface area (Å²) in [6.45, 7) is 0. The molecular weight excluding hydrogens is 280 g/mol. The predicted molar refractivity (Wildman–Crippen MR) is 81.6 cm³/mol. The maximum absolute atomic E-state index is 11.9. The first-order chi connectivity index (χ1) is 9.15. The second-order valence-electron chi connectivity index (χ2n) is 4.88. The van der Waals surface area contributed by atoms with Crippen molar-refractivity contribution >= 4 is 35.0 Å². The van der Waals surface area contributed by atoms with Crippen molar-refractivity contribution in [2.75, 3.05) is 11.5 Å². The largest absolute Gasteiger partial charge is 0.399 e. The highest BCUT2D eigenvalue weighted by Gasteiger charge is 2.15. The normalized spacial score (nSPS) is 16.3. The minimum absolute atomic E-state index is 0.0878. The highest BCUT2D eigenvalue weighted by Crippen LogP contribution is 2.28. The second-order valence-corrected chi connectivity index (χ2v) is 6.31. The number of hydrogen-bond acceptors (Lipinski definition) is 3. The molecule has 1 amide bonds. The Hall–Kier alpha value is -0.870. The molecule has 1 saturated carbocycles. The Balaban J connectivity index is 1.79. The molecule has 1 aliphatic rings. The van der Waals surface area contributed by atoms with E-state index in [1.165, 1.54) is 31.0 Å². The number of hydrogen-bond donors (Lipinski definition) is 2. The van der Waals surface area contributed by atoms with E-state index in [0.717, 1.165) is 17.7 Å². The van der Waals surface area contributed by atoms with Gasteiger partial charge in [-0.05, 0) is 31.0 Å². The van der Waals surface area contributed by atoms with Crippen LogP contribution in [0.15, 0.2) is 23.1 Å². The molecule has 2 rings (SSSR count). The Bertz CT molecular complexity index is 447. The van der Waals surface area contributed by atoms with Crippen molar-refractivity contribution in [1.29, 1.82) is 0 Å². The first-order valence-electron chi connectivity index (χ1n) is 6.62. The molecule has 0 spiro atoms. The van der Waals surface area contributed by atoms with E-state index in [-0.39, 0.29) is 5.91 Å². The molecule has 19 heavy (non-hydrogen) atoms. The van der Waals surface area contributed by atoms with Crippen LogP contribution >= 0.6 is 23.4 Å². The van der Waals surface area contributed by atoms with Gasteiger partial charge >= 0.3 is 0 Å². The number of nitrogen functional groups attached to an aromatic ring is 1. The average molecular weight is 299 g/mol. The summed E-state index contributed by atoms with van der Waals surface area (Å²) in [4.78, 5) is 12.8. The Morgan fingerprint density at radius 1 is 1.37 bits per heavy atom. The van der Waals surface area contributed by atoms with Gasteiger partial charge in [-0.3, -0.25) is 4.79 Å². The number of anilines is 1. The zero-order valence-electron chi connectivity index (χ0n) is 10.8. The van der Waals surface area contributed by atoms with Gasteiger partial charge in [0, 0.05) is 16.6 Å². The van der Waals surface area contributed by atoms with Gasteiger partial charge < -0.3 is 11.1 Å². The highest BCUT2D eigenvalue weighted by atomic mass is 35.5. The molecule has 1 fully saturated rings. The molecule has 3 N–H and O–H groups in total. The summed E-state index contributed by atoms with van der Waals surface area (Å²) in [6, 6.07) is 5.73. The molecule has 0 bridgehead atoms. The molecule has 0 unspecified atom stereocenters. The van der Waals surface area contributed by atoms with E-state index >= 15 is 0 Å². The van der Waals surface area contributed by atoms with Crippen molar-refractivity contribution in [2.24, 2.45) is 0 Å². The van der Waals surface area contributed by atoms with Crippen LogP contribution in [0, 0.1) is 0 Å². The van der Waals surface area contributed by atoms with Gasteiger partial charge in [-0.2, -0.15) is 0 Å². The summed E-state index contributed by atoms with van der Waals surface area (Å²) >= 11 is 7.53. The van der Waals surface area contributed by atoms with Gasteiger partial charge in [0.05, 0.1) is 10.8 Å². The van der Waals surface area contributed by atoms with Crippen LogP contribution in [0.5, 0.6) is 0 Å². The minimum atomic E-state index is 0.0878. The van der Waals surface area contributed by atoms with Crippen molar-refractivity contribution < 1.29 is 4.79 Å². The number of halogens is 1. The fourth-order valence-electron chi connectivity index (χ4n) is 2.29. The van der Waals surface area contributed by atoms with E-state index in [4.69, 9.17) is 17.3 Å². The van der Waals surface area contributed by atoms with Gasteiger partial charge in [0.25, 0.3) is 0 Å². The van der Waals surface area contributed by atoms with Gasteiger partial charge in [-0.15, -0.1) is 11.8 Å². The van der Waals surface area contributed by atoms with E-state index in [9.17, 15) is 4.79 Å². The maximum atomic E-state index is 11.9.